The van der Waals surface area contributed by atoms with Crippen LogP contribution in [0.4, 0.5) is 0 Å². The van der Waals surface area contributed by atoms with Gasteiger partial charge >= 0.3 is 14.8 Å². The van der Waals surface area contributed by atoms with Gasteiger partial charge in [0, 0.05) is 6.04 Å². The molecule has 15 heavy (non-hydrogen) atoms. The standard InChI is InChI=1S/C9H20O5Si/c1-4-9(2,3)8(10)14-6-5-7-15(11,12)13/h11-13H,4-7H2,1-3H3. The number of esters is 1. The molecule has 0 bridgehead atoms. The summed E-state index contributed by atoms with van der Waals surface area (Å²) in [6.07, 6.45) is 0.950. The summed E-state index contributed by atoms with van der Waals surface area (Å²) >= 11 is 0. The molecule has 0 atom stereocenters. The minimum atomic E-state index is -3.97. The highest BCUT2D eigenvalue weighted by atomic mass is 28.4. The predicted molar refractivity (Wildman–Crippen MR) is 56.9 cm³/mol. The summed E-state index contributed by atoms with van der Waals surface area (Å²) in [6.45, 7) is 5.59. The van der Waals surface area contributed by atoms with Crippen LogP contribution in [0.2, 0.25) is 6.04 Å². The van der Waals surface area contributed by atoms with E-state index in [1.54, 1.807) is 13.8 Å². The van der Waals surface area contributed by atoms with Crippen molar-refractivity contribution in [1.29, 1.82) is 0 Å². The van der Waals surface area contributed by atoms with Crippen LogP contribution in [0.1, 0.15) is 33.6 Å². The number of hydrogen-bond acceptors (Lipinski definition) is 5. The van der Waals surface area contributed by atoms with E-state index >= 15 is 0 Å². The van der Waals surface area contributed by atoms with E-state index < -0.39 is 14.2 Å². The number of carbonyl (C=O) groups is 1. The average molecular weight is 236 g/mol. The second-order valence-corrected chi connectivity index (χ2v) is 6.30. The predicted octanol–water partition coefficient (Wildman–Crippen LogP) is 0.272. The van der Waals surface area contributed by atoms with Crippen LogP contribution in [0.15, 0.2) is 0 Å². The molecule has 0 radical (unpaired) electrons. The molecule has 0 spiro atoms. The quantitative estimate of drug-likeness (QED) is 0.350. The SMILES string of the molecule is CCC(C)(C)C(=O)OCCC[Si](O)(O)O. The molecule has 0 fully saturated rings. The van der Waals surface area contributed by atoms with Crippen molar-refractivity contribution >= 4 is 14.8 Å². The lowest BCUT2D eigenvalue weighted by atomic mass is 9.91. The number of rotatable bonds is 6. The van der Waals surface area contributed by atoms with Crippen LogP contribution < -0.4 is 0 Å². The Labute approximate surface area is 91.1 Å². The Kier molecular flexibility index (Phi) is 5.43. The van der Waals surface area contributed by atoms with Crippen molar-refractivity contribution in [3.05, 3.63) is 0 Å². The van der Waals surface area contributed by atoms with Gasteiger partial charge in [0.25, 0.3) is 0 Å². The number of ether oxygens (including phenoxy) is 1. The molecular formula is C9H20O5Si. The molecule has 3 N–H and O–H groups in total. The maximum atomic E-state index is 11.4. The van der Waals surface area contributed by atoms with Crippen LogP contribution in [0.3, 0.4) is 0 Å². The number of hydrogen-bond donors (Lipinski definition) is 3. The molecule has 6 heteroatoms. The normalized spacial score (nSPS) is 12.7. The molecule has 0 aromatic carbocycles. The fraction of sp³-hybridized carbons (Fsp3) is 0.889. The summed E-state index contributed by atoms with van der Waals surface area (Å²) in [5.74, 6) is -0.300. The van der Waals surface area contributed by atoms with Crippen LogP contribution in [0.5, 0.6) is 0 Å². The molecule has 5 nitrogen and oxygen atoms in total. The molecule has 90 valence electrons. The third-order valence-electron chi connectivity index (χ3n) is 2.33. The molecule has 0 saturated heterocycles. The Morgan fingerprint density at radius 2 is 1.87 bits per heavy atom. The van der Waals surface area contributed by atoms with Crippen molar-refractivity contribution in [2.45, 2.75) is 39.7 Å². The summed E-state index contributed by atoms with van der Waals surface area (Å²) in [5.41, 5.74) is -0.508. The molecule has 0 aliphatic rings. The average Bonchev–Trinajstić information content (AvgIpc) is 2.10. The number of carbonyl (C=O) groups excluding carboxylic acids is 1. The Morgan fingerprint density at radius 1 is 1.33 bits per heavy atom. The molecule has 0 aromatic rings. The van der Waals surface area contributed by atoms with Gasteiger partial charge in [-0.3, -0.25) is 4.79 Å². The van der Waals surface area contributed by atoms with E-state index in [0.717, 1.165) is 0 Å². The Hall–Kier alpha value is -0.433. The fourth-order valence-electron chi connectivity index (χ4n) is 0.814. The molecular weight excluding hydrogens is 216 g/mol. The summed E-state index contributed by atoms with van der Waals surface area (Å²) in [6, 6.07) is -0.104. The molecule has 0 aromatic heterocycles. The Bertz CT molecular complexity index is 209. The first kappa shape index (κ1) is 14.6. The topological polar surface area (TPSA) is 87.0 Å². The van der Waals surface area contributed by atoms with Crippen LogP contribution in [-0.4, -0.2) is 35.8 Å². The maximum Gasteiger partial charge on any atom is 0.492 e. The molecule has 0 aliphatic carbocycles. The molecule has 0 unspecified atom stereocenters. The van der Waals surface area contributed by atoms with Gasteiger partial charge in [-0.1, -0.05) is 6.92 Å². The van der Waals surface area contributed by atoms with Crippen molar-refractivity contribution in [3.8, 4) is 0 Å². The maximum absolute atomic E-state index is 11.4. The van der Waals surface area contributed by atoms with Gasteiger partial charge in [0.2, 0.25) is 0 Å². The third-order valence-corrected chi connectivity index (χ3v) is 3.35. The first-order chi connectivity index (χ1) is 6.69. The zero-order chi connectivity index (χ0) is 12.1. The molecule has 0 heterocycles. The van der Waals surface area contributed by atoms with E-state index in [1.165, 1.54) is 0 Å². The van der Waals surface area contributed by atoms with E-state index in [4.69, 9.17) is 19.1 Å². The molecule has 0 saturated carbocycles. The summed E-state index contributed by atoms with van der Waals surface area (Å²) in [4.78, 5) is 37.5. The van der Waals surface area contributed by atoms with Crippen molar-refractivity contribution < 1.29 is 23.9 Å². The van der Waals surface area contributed by atoms with Crippen LogP contribution in [-0.2, 0) is 9.53 Å². The van der Waals surface area contributed by atoms with Crippen molar-refractivity contribution in [2.75, 3.05) is 6.61 Å². The highest BCUT2D eigenvalue weighted by Crippen LogP contribution is 2.21. The van der Waals surface area contributed by atoms with Gasteiger partial charge in [-0.2, -0.15) is 0 Å². The fourth-order valence-corrected chi connectivity index (χ4v) is 1.43. The van der Waals surface area contributed by atoms with Crippen molar-refractivity contribution in [1.82, 2.24) is 0 Å². The van der Waals surface area contributed by atoms with Gasteiger partial charge in [0.05, 0.1) is 12.0 Å². The van der Waals surface area contributed by atoms with Gasteiger partial charge in [-0.25, -0.2) is 0 Å². The van der Waals surface area contributed by atoms with E-state index in [9.17, 15) is 4.79 Å². The van der Waals surface area contributed by atoms with E-state index in [1.807, 2.05) is 6.92 Å². The Balaban J connectivity index is 3.74. The first-order valence-corrected chi connectivity index (χ1v) is 7.08. The lowest BCUT2D eigenvalue weighted by molar-refractivity contribution is -0.154. The van der Waals surface area contributed by atoms with Crippen LogP contribution in [0.25, 0.3) is 0 Å². The zero-order valence-electron chi connectivity index (χ0n) is 9.49. The monoisotopic (exact) mass is 236 g/mol. The van der Waals surface area contributed by atoms with E-state index in [0.29, 0.717) is 6.42 Å². The molecule has 0 rings (SSSR count). The second-order valence-electron chi connectivity index (χ2n) is 4.25. The minimum absolute atomic E-state index is 0.104. The molecule has 0 amide bonds. The van der Waals surface area contributed by atoms with Crippen LogP contribution in [0, 0.1) is 5.41 Å². The minimum Gasteiger partial charge on any atom is -0.465 e. The van der Waals surface area contributed by atoms with Crippen molar-refractivity contribution in [3.63, 3.8) is 0 Å². The van der Waals surface area contributed by atoms with Gasteiger partial charge in [-0.15, -0.1) is 0 Å². The smallest absolute Gasteiger partial charge is 0.465 e. The van der Waals surface area contributed by atoms with E-state index in [-0.39, 0.29) is 25.0 Å². The lowest BCUT2D eigenvalue weighted by Crippen LogP contribution is -2.34. The summed E-state index contributed by atoms with van der Waals surface area (Å²) < 4.78 is 4.94. The highest BCUT2D eigenvalue weighted by molar-refractivity contribution is 6.56. The van der Waals surface area contributed by atoms with Gasteiger partial charge in [-0.05, 0) is 26.7 Å². The van der Waals surface area contributed by atoms with Crippen molar-refractivity contribution in [2.24, 2.45) is 5.41 Å². The largest absolute Gasteiger partial charge is 0.492 e. The lowest BCUT2D eigenvalue weighted by Gasteiger charge is -2.20. The molecule has 0 aliphatic heterocycles. The summed E-state index contributed by atoms with van der Waals surface area (Å²) in [7, 11) is -3.97. The van der Waals surface area contributed by atoms with Crippen LogP contribution >= 0.6 is 0 Å². The van der Waals surface area contributed by atoms with Gasteiger partial charge in [0.1, 0.15) is 0 Å². The highest BCUT2D eigenvalue weighted by Gasteiger charge is 2.28. The van der Waals surface area contributed by atoms with Gasteiger partial charge < -0.3 is 19.1 Å². The van der Waals surface area contributed by atoms with Gasteiger partial charge in [0.15, 0.2) is 0 Å². The first-order valence-electron chi connectivity index (χ1n) is 5.03. The zero-order valence-corrected chi connectivity index (χ0v) is 10.5. The third kappa shape index (κ3) is 6.61. The second kappa shape index (κ2) is 5.60. The summed E-state index contributed by atoms with van der Waals surface area (Å²) in [5, 5.41) is 0. The Morgan fingerprint density at radius 3 is 2.27 bits per heavy atom. The van der Waals surface area contributed by atoms with E-state index in [2.05, 4.69) is 0 Å².